The molecule has 2 heteroatoms. The highest BCUT2D eigenvalue weighted by molar-refractivity contribution is 5.85. The second kappa shape index (κ2) is 5.80. The highest BCUT2D eigenvalue weighted by Crippen LogP contribution is 2.17. The number of nitrogens with two attached hydrogens (primary N) is 2. The normalized spacial score (nSPS) is 10.9. The molecule has 2 aromatic carbocycles. The van der Waals surface area contributed by atoms with Crippen LogP contribution < -0.4 is 11.5 Å². The van der Waals surface area contributed by atoms with Crippen LogP contribution in [-0.4, -0.2) is 5.54 Å². The fourth-order valence-electron chi connectivity index (χ4n) is 1.47. The average Bonchev–Trinajstić information content (AvgIpc) is 2.26. The average molecular weight is 230 g/mol. The molecule has 4 N–H and O–H groups in total. The summed E-state index contributed by atoms with van der Waals surface area (Å²) in [5.74, 6) is 0. The van der Waals surface area contributed by atoms with Gasteiger partial charge in [-0.15, -0.1) is 0 Å². The molecular formula is C15H22N2. The second-order valence-electron chi connectivity index (χ2n) is 5.21. The van der Waals surface area contributed by atoms with Crippen LogP contribution in [0.5, 0.6) is 0 Å². The van der Waals surface area contributed by atoms with E-state index in [2.05, 4.69) is 24.3 Å². The summed E-state index contributed by atoms with van der Waals surface area (Å²) in [5.41, 5.74) is 12.2. The smallest absolute Gasteiger partial charge is 0.0184 e. The number of rotatable bonds is 1. The Labute approximate surface area is 104 Å². The molecule has 0 saturated heterocycles. The maximum absolute atomic E-state index is 5.62. The molecule has 0 saturated carbocycles. The molecule has 0 amide bonds. The Hall–Kier alpha value is -1.38. The van der Waals surface area contributed by atoms with Crippen LogP contribution in [0.3, 0.4) is 0 Å². The van der Waals surface area contributed by atoms with Crippen LogP contribution in [0.2, 0.25) is 0 Å². The highest BCUT2D eigenvalue weighted by atomic mass is 14.7. The molecule has 2 nitrogen and oxygen atoms in total. The molecule has 0 fully saturated rings. The third kappa shape index (κ3) is 4.98. The lowest BCUT2D eigenvalue weighted by Gasteiger charge is -2.06. The molecule has 2 rings (SSSR count). The molecular weight excluding hydrogens is 208 g/mol. The van der Waals surface area contributed by atoms with Crippen molar-refractivity contribution in [1.82, 2.24) is 0 Å². The zero-order valence-corrected chi connectivity index (χ0v) is 10.9. The fraction of sp³-hybridized carbons (Fsp3) is 0.333. The lowest BCUT2D eigenvalue weighted by atomic mass is 10.1. The van der Waals surface area contributed by atoms with E-state index in [-0.39, 0.29) is 5.54 Å². The van der Waals surface area contributed by atoms with Gasteiger partial charge >= 0.3 is 0 Å². The van der Waals surface area contributed by atoms with E-state index in [0.29, 0.717) is 6.54 Å². The summed E-state index contributed by atoms with van der Waals surface area (Å²) < 4.78 is 0. The topological polar surface area (TPSA) is 52.0 Å². The van der Waals surface area contributed by atoms with E-state index in [1.165, 1.54) is 16.3 Å². The van der Waals surface area contributed by atoms with Crippen LogP contribution in [0.15, 0.2) is 42.5 Å². The largest absolute Gasteiger partial charge is 0.326 e. The summed E-state index contributed by atoms with van der Waals surface area (Å²) in [7, 11) is 0. The van der Waals surface area contributed by atoms with Gasteiger partial charge in [0.05, 0.1) is 0 Å². The second-order valence-corrected chi connectivity index (χ2v) is 5.21. The highest BCUT2D eigenvalue weighted by Gasteiger charge is 1.96. The minimum absolute atomic E-state index is 0. The van der Waals surface area contributed by atoms with Crippen molar-refractivity contribution in [2.75, 3.05) is 0 Å². The van der Waals surface area contributed by atoms with Crippen molar-refractivity contribution in [2.45, 2.75) is 32.9 Å². The van der Waals surface area contributed by atoms with Crippen molar-refractivity contribution >= 4 is 10.8 Å². The fourth-order valence-corrected chi connectivity index (χ4v) is 1.47. The van der Waals surface area contributed by atoms with Crippen molar-refractivity contribution < 1.29 is 0 Å². The van der Waals surface area contributed by atoms with Crippen molar-refractivity contribution in [3.63, 3.8) is 0 Å². The van der Waals surface area contributed by atoms with Crippen LogP contribution in [0.1, 0.15) is 26.3 Å². The molecule has 0 aliphatic heterocycles. The van der Waals surface area contributed by atoms with Crippen LogP contribution in [0, 0.1) is 0 Å². The Morgan fingerprint density at radius 3 is 2.06 bits per heavy atom. The van der Waals surface area contributed by atoms with E-state index in [4.69, 9.17) is 11.5 Å². The van der Waals surface area contributed by atoms with Crippen molar-refractivity contribution in [3.05, 3.63) is 48.0 Å². The van der Waals surface area contributed by atoms with Crippen LogP contribution in [0.4, 0.5) is 0 Å². The first kappa shape index (κ1) is 13.7. The Balaban J connectivity index is 0.000000249. The predicted octanol–water partition coefficient (Wildman–Crippen LogP) is 3.04. The third-order valence-electron chi connectivity index (χ3n) is 2.10. The Morgan fingerprint density at radius 1 is 0.941 bits per heavy atom. The van der Waals surface area contributed by atoms with Gasteiger partial charge in [-0.3, -0.25) is 0 Å². The molecule has 92 valence electrons. The van der Waals surface area contributed by atoms with Crippen LogP contribution >= 0.6 is 0 Å². The molecule has 0 spiro atoms. The molecule has 0 bridgehead atoms. The van der Waals surface area contributed by atoms with E-state index in [1.54, 1.807) is 0 Å². The standard InChI is InChI=1S/C11H11N.C4H11N/c12-8-10-6-3-5-9-4-1-2-7-11(9)10;1-4(2,3)5/h1-7H,8,12H2;5H2,1-3H3. The monoisotopic (exact) mass is 230 g/mol. The number of hydrogen-bond donors (Lipinski definition) is 2. The molecule has 17 heavy (non-hydrogen) atoms. The van der Waals surface area contributed by atoms with Gasteiger partial charge in [0.1, 0.15) is 0 Å². The van der Waals surface area contributed by atoms with Crippen molar-refractivity contribution in [1.29, 1.82) is 0 Å². The Morgan fingerprint density at radius 2 is 1.47 bits per heavy atom. The van der Waals surface area contributed by atoms with Gasteiger partial charge in [-0.2, -0.15) is 0 Å². The summed E-state index contributed by atoms with van der Waals surface area (Å²) in [6.45, 7) is 6.51. The van der Waals surface area contributed by atoms with Crippen molar-refractivity contribution in [2.24, 2.45) is 11.5 Å². The van der Waals surface area contributed by atoms with E-state index >= 15 is 0 Å². The minimum Gasteiger partial charge on any atom is -0.326 e. The molecule has 0 unspecified atom stereocenters. The van der Waals surface area contributed by atoms with Crippen LogP contribution in [0.25, 0.3) is 10.8 Å². The first-order valence-electron chi connectivity index (χ1n) is 5.87. The first-order valence-corrected chi connectivity index (χ1v) is 5.87. The maximum Gasteiger partial charge on any atom is 0.0184 e. The first-order chi connectivity index (χ1) is 7.92. The summed E-state index contributed by atoms with van der Waals surface area (Å²) >= 11 is 0. The van der Waals surface area contributed by atoms with Gasteiger partial charge in [0.15, 0.2) is 0 Å². The lowest BCUT2D eigenvalue weighted by Crippen LogP contribution is -2.26. The van der Waals surface area contributed by atoms with Gasteiger partial charge in [0, 0.05) is 12.1 Å². The number of hydrogen-bond acceptors (Lipinski definition) is 2. The van der Waals surface area contributed by atoms with Crippen LogP contribution in [-0.2, 0) is 6.54 Å². The van der Waals surface area contributed by atoms with Crippen molar-refractivity contribution in [3.8, 4) is 0 Å². The summed E-state index contributed by atoms with van der Waals surface area (Å²) in [4.78, 5) is 0. The molecule has 0 atom stereocenters. The summed E-state index contributed by atoms with van der Waals surface area (Å²) in [5, 5.41) is 2.53. The SMILES string of the molecule is CC(C)(C)N.NCc1cccc2ccccc12. The van der Waals surface area contributed by atoms with Gasteiger partial charge < -0.3 is 11.5 Å². The molecule has 0 radical (unpaired) electrons. The third-order valence-corrected chi connectivity index (χ3v) is 2.10. The van der Waals surface area contributed by atoms with Gasteiger partial charge in [0.2, 0.25) is 0 Å². The number of benzene rings is 2. The van der Waals surface area contributed by atoms with Gasteiger partial charge in [0.25, 0.3) is 0 Å². The van der Waals surface area contributed by atoms with Gasteiger partial charge in [-0.05, 0) is 37.1 Å². The number of fused-ring (bicyclic) bond motifs is 1. The molecule has 0 aliphatic rings. The minimum atomic E-state index is 0. The van der Waals surface area contributed by atoms with E-state index in [0.717, 1.165) is 0 Å². The molecule has 0 heterocycles. The quantitative estimate of drug-likeness (QED) is 0.791. The van der Waals surface area contributed by atoms with Gasteiger partial charge in [-0.1, -0.05) is 42.5 Å². The predicted molar refractivity (Wildman–Crippen MR) is 75.8 cm³/mol. The zero-order chi connectivity index (χ0) is 12.9. The zero-order valence-electron chi connectivity index (χ0n) is 10.9. The van der Waals surface area contributed by atoms with E-state index in [1.807, 2.05) is 39.0 Å². The van der Waals surface area contributed by atoms with E-state index < -0.39 is 0 Å². The summed E-state index contributed by atoms with van der Waals surface area (Å²) in [6, 6.07) is 14.5. The van der Waals surface area contributed by atoms with E-state index in [9.17, 15) is 0 Å². The Kier molecular flexibility index (Phi) is 4.67. The molecule has 2 aromatic rings. The lowest BCUT2D eigenvalue weighted by molar-refractivity contribution is 0.580. The Bertz CT molecular complexity index is 458. The molecule has 0 aliphatic carbocycles. The molecule has 0 aromatic heterocycles. The maximum atomic E-state index is 5.62. The summed E-state index contributed by atoms with van der Waals surface area (Å²) in [6.07, 6.45) is 0. The van der Waals surface area contributed by atoms with Gasteiger partial charge in [-0.25, -0.2) is 0 Å².